The summed E-state index contributed by atoms with van der Waals surface area (Å²) in [6.45, 7) is 0. The number of anilines is 1. The van der Waals surface area contributed by atoms with Gasteiger partial charge in [-0.1, -0.05) is 0 Å². The third kappa shape index (κ3) is 0.899. The lowest BCUT2D eigenvalue weighted by Crippen LogP contribution is -1.83. The Labute approximate surface area is 47.7 Å². The lowest BCUT2D eigenvalue weighted by atomic mass is 11.0. The van der Waals surface area contributed by atoms with Gasteiger partial charge in [-0.3, -0.25) is 0 Å². The third-order valence-corrected chi connectivity index (χ3v) is 1.44. The minimum absolute atomic E-state index is 0. The Morgan fingerprint density at radius 1 is 2.00 bits per heavy atom. The summed E-state index contributed by atoms with van der Waals surface area (Å²) in [5.41, 5.74) is 0. The molecule has 0 saturated heterocycles. The van der Waals surface area contributed by atoms with Gasteiger partial charge in [0.25, 0.3) is 0 Å². The van der Waals surface area contributed by atoms with Crippen molar-refractivity contribution in [2.45, 2.75) is 0 Å². The molecular formula is C4H8N2S. The molecule has 3 heteroatoms. The molecule has 1 aromatic rings. The van der Waals surface area contributed by atoms with Crippen LogP contribution in [0.5, 0.6) is 0 Å². The van der Waals surface area contributed by atoms with Crippen molar-refractivity contribution >= 4 is 16.5 Å². The van der Waals surface area contributed by atoms with Gasteiger partial charge in [-0.15, -0.1) is 11.3 Å². The van der Waals surface area contributed by atoms with Crippen molar-refractivity contribution in [2.75, 3.05) is 12.4 Å². The Hall–Kier alpha value is -0.570. The molecule has 0 radical (unpaired) electrons. The fraction of sp³-hybridized carbons (Fsp3) is 0.250. The highest BCUT2D eigenvalue weighted by molar-refractivity contribution is 7.13. The van der Waals surface area contributed by atoms with Crippen LogP contribution in [-0.4, -0.2) is 12.0 Å². The molecule has 0 spiro atoms. The normalized spacial score (nSPS) is 8.71. The van der Waals surface area contributed by atoms with Gasteiger partial charge in [0.05, 0.1) is 0 Å². The first-order valence-electron chi connectivity index (χ1n) is 2.00. The standard InChI is InChI=1S/C4H6N2S.H2/c1-5-4-6-2-3-7-4;/h2-3H,1H3,(H,5,6);1H. The summed E-state index contributed by atoms with van der Waals surface area (Å²) >= 11 is 1.60. The molecule has 2 nitrogen and oxygen atoms in total. The molecule has 0 fully saturated rings. The van der Waals surface area contributed by atoms with Crippen LogP contribution >= 0.6 is 11.3 Å². The van der Waals surface area contributed by atoms with E-state index in [2.05, 4.69) is 10.3 Å². The second-order valence-corrected chi connectivity index (χ2v) is 1.98. The lowest BCUT2D eigenvalue weighted by molar-refractivity contribution is 1.37. The fourth-order valence-corrected chi connectivity index (χ4v) is 0.837. The summed E-state index contributed by atoms with van der Waals surface area (Å²) in [4.78, 5) is 3.94. The van der Waals surface area contributed by atoms with Crippen molar-refractivity contribution in [3.05, 3.63) is 11.6 Å². The minimum Gasteiger partial charge on any atom is -0.365 e. The van der Waals surface area contributed by atoms with E-state index in [1.54, 1.807) is 17.5 Å². The Kier molecular flexibility index (Phi) is 1.26. The van der Waals surface area contributed by atoms with Gasteiger partial charge < -0.3 is 5.32 Å². The summed E-state index contributed by atoms with van der Waals surface area (Å²) in [5.74, 6) is 0. The summed E-state index contributed by atoms with van der Waals surface area (Å²) < 4.78 is 0. The van der Waals surface area contributed by atoms with Crippen LogP contribution in [0.4, 0.5) is 5.13 Å². The smallest absolute Gasteiger partial charge is 0.182 e. The van der Waals surface area contributed by atoms with Gasteiger partial charge in [-0.25, -0.2) is 4.98 Å². The Morgan fingerprint density at radius 3 is 3.14 bits per heavy atom. The first kappa shape index (κ1) is 4.59. The van der Waals surface area contributed by atoms with Crippen LogP contribution in [0.25, 0.3) is 0 Å². The van der Waals surface area contributed by atoms with E-state index >= 15 is 0 Å². The highest BCUT2D eigenvalue weighted by atomic mass is 32.1. The van der Waals surface area contributed by atoms with Gasteiger partial charge in [0.15, 0.2) is 5.13 Å². The molecule has 0 aliphatic heterocycles. The van der Waals surface area contributed by atoms with E-state index < -0.39 is 0 Å². The van der Waals surface area contributed by atoms with Crippen LogP contribution in [0.3, 0.4) is 0 Å². The van der Waals surface area contributed by atoms with Gasteiger partial charge >= 0.3 is 0 Å². The zero-order chi connectivity index (χ0) is 5.11. The van der Waals surface area contributed by atoms with E-state index in [9.17, 15) is 0 Å². The van der Waals surface area contributed by atoms with Crippen LogP contribution in [-0.2, 0) is 0 Å². The summed E-state index contributed by atoms with van der Waals surface area (Å²) in [6.07, 6.45) is 1.77. The number of hydrogen-bond acceptors (Lipinski definition) is 3. The molecule has 1 aromatic heterocycles. The molecule has 0 unspecified atom stereocenters. The maximum atomic E-state index is 3.94. The van der Waals surface area contributed by atoms with Crippen molar-refractivity contribution in [2.24, 2.45) is 0 Å². The van der Waals surface area contributed by atoms with Gasteiger partial charge in [-0.2, -0.15) is 0 Å². The lowest BCUT2D eigenvalue weighted by Gasteiger charge is -1.84. The highest BCUT2D eigenvalue weighted by Gasteiger charge is 1.82. The van der Waals surface area contributed by atoms with E-state index in [1.165, 1.54) is 0 Å². The first-order chi connectivity index (χ1) is 3.43. The molecule has 1 heterocycles. The van der Waals surface area contributed by atoms with Crippen LogP contribution in [0.15, 0.2) is 11.6 Å². The van der Waals surface area contributed by atoms with Gasteiger partial charge in [0, 0.05) is 20.1 Å². The van der Waals surface area contributed by atoms with E-state index in [0.717, 1.165) is 5.13 Å². The number of hydrogen-bond donors (Lipinski definition) is 1. The Balaban J connectivity index is 0.000000490. The molecule has 1 rings (SSSR count). The topological polar surface area (TPSA) is 24.9 Å². The fourth-order valence-electron chi connectivity index (χ4n) is 0.347. The zero-order valence-electron chi connectivity index (χ0n) is 4.01. The van der Waals surface area contributed by atoms with Crippen LogP contribution in [0.2, 0.25) is 0 Å². The molecule has 0 aliphatic carbocycles. The largest absolute Gasteiger partial charge is 0.365 e. The van der Waals surface area contributed by atoms with E-state index in [-0.39, 0.29) is 1.43 Å². The number of rotatable bonds is 1. The number of nitrogens with one attached hydrogen (secondary N) is 1. The molecule has 0 saturated carbocycles. The highest BCUT2D eigenvalue weighted by Crippen LogP contribution is 2.07. The summed E-state index contributed by atoms with van der Waals surface area (Å²) in [7, 11) is 1.86. The van der Waals surface area contributed by atoms with Crippen molar-refractivity contribution in [3.8, 4) is 0 Å². The number of aromatic nitrogens is 1. The van der Waals surface area contributed by atoms with Crippen LogP contribution in [0, 0.1) is 0 Å². The first-order valence-corrected chi connectivity index (χ1v) is 2.88. The second-order valence-electron chi connectivity index (χ2n) is 1.09. The summed E-state index contributed by atoms with van der Waals surface area (Å²) in [6, 6.07) is 0. The molecular weight excluding hydrogens is 108 g/mol. The maximum Gasteiger partial charge on any atom is 0.182 e. The quantitative estimate of drug-likeness (QED) is 0.600. The Morgan fingerprint density at radius 2 is 2.86 bits per heavy atom. The minimum atomic E-state index is 0. The molecule has 0 amide bonds. The van der Waals surface area contributed by atoms with Gasteiger partial charge in [0.2, 0.25) is 0 Å². The zero-order valence-corrected chi connectivity index (χ0v) is 4.83. The predicted octanol–water partition coefficient (Wildman–Crippen LogP) is 1.43. The molecule has 7 heavy (non-hydrogen) atoms. The van der Waals surface area contributed by atoms with Crippen molar-refractivity contribution < 1.29 is 1.43 Å². The molecule has 1 N–H and O–H groups in total. The van der Waals surface area contributed by atoms with Gasteiger partial charge in [-0.05, 0) is 0 Å². The van der Waals surface area contributed by atoms with Crippen molar-refractivity contribution in [1.29, 1.82) is 0 Å². The third-order valence-electron chi connectivity index (χ3n) is 0.646. The van der Waals surface area contributed by atoms with E-state index in [4.69, 9.17) is 0 Å². The van der Waals surface area contributed by atoms with Crippen LogP contribution < -0.4 is 5.32 Å². The number of thiazole rings is 1. The van der Waals surface area contributed by atoms with E-state index in [0.29, 0.717) is 0 Å². The number of nitrogens with zero attached hydrogens (tertiary/aromatic N) is 1. The maximum absolute atomic E-state index is 3.94. The molecule has 0 aliphatic rings. The monoisotopic (exact) mass is 116 g/mol. The average Bonchev–Trinajstić information content (AvgIpc) is 2.14. The van der Waals surface area contributed by atoms with Crippen molar-refractivity contribution in [1.82, 2.24) is 4.98 Å². The molecule has 0 atom stereocenters. The van der Waals surface area contributed by atoms with Gasteiger partial charge in [0.1, 0.15) is 0 Å². The molecule has 0 bridgehead atoms. The molecule has 40 valence electrons. The second kappa shape index (κ2) is 1.93. The van der Waals surface area contributed by atoms with Crippen molar-refractivity contribution in [3.63, 3.8) is 0 Å². The Bertz CT molecular complexity index is 129. The SMILES string of the molecule is CNc1nccs1.[HH]. The molecule has 0 aromatic carbocycles. The van der Waals surface area contributed by atoms with Crippen LogP contribution in [0.1, 0.15) is 1.43 Å². The summed E-state index contributed by atoms with van der Waals surface area (Å²) in [5, 5.41) is 5.82. The van der Waals surface area contributed by atoms with E-state index in [1.807, 2.05) is 12.4 Å². The predicted molar refractivity (Wildman–Crippen MR) is 33.8 cm³/mol. The average molecular weight is 116 g/mol.